The summed E-state index contributed by atoms with van der Waals surface area (Å²) in [5.41, 5.74) is 0. The fourth-order valence-corrected chi connectivity index (χ4v) is 3.80. The van der Waals surface area contributed by atoms with E-state index in [2.05, 4.69) is 6.92 Å². The van der Waals surface area contributed by atoms with Crippen LogP contribution in [-0.2, 0) is 4.74 Å². The molecular weight excluding hydrogens is 208 g/mol. The quantitative estimate of drug-likeness (QED) is 0.670. The molecule has 1 heteroatoms. The number of hydrogen-bond donors (Lipinski definition) is 0. The molecule has 0 saturated heterocycles. The number of hydrogen-bond acceptors (Lipinski definition) is 1. The van der Waals surface area contributed by atoms with Crippen LogP contribution in [0.4, 0.5) is 0 Å². The smallest absolute Gasteiger partial charge is 0.0631 e. The lowest BCUT2D eigenvalue weighted by Gasteiger charge is -2.37. The molecule has 0 unspecified atom stereocenters. The first-order chi connectivity index (χ1) is 8.42. The summed E-state index contributed by atoms with van der Waals surface area (Å²) >= 11 is 0. The molecule has 1 radical (unpaired) electrons. The Morgan fingerprint density at radius 3 is 1.71 bits per heavy atom. The molecule has 2 fully saturated rings. The van der Waals surface area contributed by atoms with E-state index in [1.165, 1.54) is 64.2 Å². The van der Waals surface area contributed by atoms with Crippen molar-refractivity contribution >= 4 is 0 Å². The van der Waals surface area contributed by atoms with E-state index in [-0.39, 0.29) is 0 Å². The van der Waals surface area contributed by atoms with E-state index in [1.807, 2.05) is 0 Å². The molecule has 1 nitrogen and oxygen atoms in total. The number of rotatable bonds is 5. The largest absolute Gasteiger partial charge is 0.378 e. The fraction of sp³-hybridized carbons (Fsp3) is 0.938. The summed E-state index contributed by atoms with van der Waals surface area (Å²) in [7, 11) is 0. The van der Waals surface area contributed by atoms with Gasteiger partial charge in [-0.05, 0) is 43.9 Å². The van der Waals surface area contributed by atoms with Gasteiger partial charge < -0.3 is 4.74 Å². The van der Waals surface area contributed by atoms with Crippen molar-refractivity contribution in [1.29, 1.82) is 0 Å². The molecule has 2 rings (SSSR count). The minimum Gasteiger partial charge on any atom is -0.378 e. The van der Waals surface area contributed by atoms with E-state index >= 15 is 0 Å². The molecule has 0 spiro atoms. The van der Waals surface area contributed by atoms with Crippen molar-refractivity contribution in [2.75, 3.05) is 6.61 Å². The summed E-state index contributed by atoms with van der Waals surface area (Å²) in [6, 6.07) is 0. The van der Waals surface area contributed by atoms with Crippen molar-refractivity contribution in [3.8, 4) is 0 Å². The summed E-state index contributed by atoms with van der Waals surface area (Å²) in [4.78, 5) is 0. The molecule has 2 saturated carbocycles. The Morgan fingerprint density at radius 1 is 0.824 bits per heavy atom. The molecule has 99 valence electrons. The van der Waals surface area contributed by atoms with Gasteiger partial charge in [0.2, 0.25) is 0 Å². The van der Waals surface area contributed by atoms with Crippen LogP contribution in [0.1, 0.15) is 70.6 Å². The second kappa shape index (κ2) is 7.41. The van der Waals surface area contributed by atoms with Gasteiger partial charge in [0.1, 0.15) is 0 Å². The zero-order chi connectivity index (χ0) is 11.9. The van der Waals surface area contributed by atoms with Gasteiger partial charge in [-0.1, -0.05) is 45.4 Å². The van der Waals surface area contributed by atoms with E-state index in [1.54, 1.807) is 0 Å². The summed E-state index contributed by atoms with van der Waals surface area (Å²) in [5.74, 6) is 1.72. The molecule has 0 aromatic rings. The molecule has 0 aromatic heterocycles. The Kier molecular flexibility index (Phi) is 5.84. The lowest BCUT2D eigenvalue weighted by molar-refractivity contribution is -0.0449. The van der Waals surface area contributed by atoms with E-state index in [9.17, 15) is 0 Å². The zero-order valence-electron chi connectivity index (χ0n) is 11.3. The van der Waals surface area contributed by atoms with Crippen molar-refractivity contribution in [1.82, 2.24) is 0 Å². The molecule has 0 aliphatic heterocycles. The summed E-state index contributed by atoms with van der Waals surface area (Å²) in [5, 5.41) is 0. The predicted molar refractivity (Wildman–Crippen MR) is 72.9 cm³/mol. The van der Waals surface area contributed by atoms with Gasteiger partial charge in [-0.15, -0.1) is 0 Å². The minimum absolute atomic E-state index is 0.567. The normalized spacial score (nSPS) is 24.4. The average Bonchev–Trinajstić information content (AvgIpc) is 2.42. The average molecular weight is 237 g/mol. The molecule has 0 aromatic carbocycles. The molecule has 0 bridgehead atoms. The maximum absolute atomic E-state index is 6.21. The van der Waals surface area contributed by atoms with E-state index in [4.69, 9.17) is 4.74 Å². The second-order valence-corrected chi connectivity index (χ2v) is 5.99. The standard InChI is InChI=1S/C16H29O/c1-2-13-17-16(14-9-5-3-6-10-14)15-11-7-4-8-12-15/h14-16H,1-13H2. The maximum Gasteiger partial charge on any atom is 0.0631 e. The monoisotopic (exact) mass is 237 g/mol. The van der Waals surface area contributed by atoms with Gasteiger partial charge in [-0.2, -0.15) is 0 Å². The second-order valence-electron chi connectivity index (χ2n) is 5.99. The Labute approximate surface area is 107 Å². The molecule has 0 amide bonds. The van der Waals surface area contributed by atoms with Crippen LogP contribution in [0.5, 0.6) is 0 Å². The van der Waals surface area contributed by atoms with Crippen LogP contribution >= 0.6 is 0 Å². The first-order valence-corrected chi connectivity index (χ1v) is 7.82. The maximum atomic E-state index is 6.21. The zero-order valence-corrected chi connectivity index (χ0v) is 11.3. The van der Waals surface area contributed by atoms with Crippen LogP contribution in [0.15, 0.2) is 0 Å². The van der Waals surface area contributed by atoms with Crippen molar-refractivity contribution in [3.05, 3.63) is 6.92 Å². The first-order valence-electron chi connectivity index (χ1n) is 7.82. The van der Waals surface area contributed by atoms with Crippen molar-refractivity contribution in [2.24, 2.45) is 11.8 Å². The van der Waals surface area contributed by atoms with Gasteiger partial charge in [-0.25, -0.2) is 0 Å². The van der Waals surface area contributed by atoms with Crippen LogP contribution in [0, 0.1) is 18.8 Å². The van der Waals surface area contributed by atoms with Crippen LogP contribution in [-0.4, -0.2) is 12.7 Å². The third-order valence-corrected chi connectivity index (χ3v) is 4.68. The van der Waals surface area contributed by atoms with E-state index < -0.39 is 0 Å². The van der Waals surface area contributed by atoms with Crippen LogP contribution in [0.3, 0.4) is 0 Å². The van der Waals surface area contributed by atoms with Crippen LogP contribution in [0.2, 0.25) is 0 Å². The van der Waals surface area contributed by atoms with Crippen LogP contribution < -0.4 is 0 Å². The van der Waals surface area contributed by atoms with Gasteiger partial charge in [0.25, 0.3) is 0 Å². The molecule has 2 aliphatic rings. The Morgan fingerprint density at radius 2 is 1.29 bits per heavy atom. The lowest BCUT2D eigenvalue weighted by Crippen LogP contribution is -2.35. The highest BCUT2D eigenvalue weighted by atomic mass is 16.5. The molecule has 2 aliphatic carbocycles. The van der Waals surface area contributed by atoms with Crippen molar-refractivity contribution in [3.63, 3.8) is 0 Å². The lowest BCUT2D eigenvalue weighted by atomic mass is 9.75. The SMILES string of the molecule is [CH2]CCOC(C1CCCCC1)C1CCCCC1. The van der Waals surface area contributed by atoms with Gasteiger partial charge in [0.05, 0.1) is 6.10 Å². The molecule has 17 heavy (non-hydrogen) atoms. The first kappa shape index (κ1) is 13.4. The van der Waals surface area contributed by atoms with E-state index in [0.717, 1.165) is 24.9 Å². The molecular formula is C16H29O. The van der Waals surface area contributed by atoms with Crippen LogP contribution in [0.25, 0.3) is 0 Å². The Hall–Kier alpha value is -0.0400. The summed E-state index contributed by atoms with van der Waals surface area (Å²) in [6.45, 7) is 4.80. The molecule has 0 N–H and O–H groups in total. The summed E-state index contributed by atoms with van der Waals surface area (Å²) in [6.07, 6.45) is 15.8. The number of ether oxygens (including phenoxy) is 1. The molecule has 0 heterocycles. The Balaban J connectivity index is 1.90. The highest BCUT2D eigenvalue weighted by Crippen LogP contribution is 2.37. The van der Waals surface area contributed by atoms with Crippen molar-refractivity contribution < 1.29 is 4.74 Å². The van der Waals surface area contributed by atoms with Crippen molar-refractivity contribution in [2.45, 2.75) is 76.7 Å². The molecule has 0 atom stereocenters. The third-order valence-electron chi connectivity index (χ3n) is 4.68. The third kappa shape index (κ3) is 3.98. The fourth-order valence-electron chi connectivity index (χ4n) is 3.80. The predicted octanol–water partition coefficient (Wildman–Crippen LogP) is 4.76. The summed E-state index contributed by atoms with van der Waals surface area (Å²) < 4.78 is 6.21. The highest BCUT2D eigenvalue weighted by molar-refractivity contribution is 4.82. The van der Waals surface area contributed by atoms with Gasteiger partial charge in [0, 0.05) is 6.61 Å². The van der Waals surface area contributed by atoms with E-state index in [0.29, 0.717) is 6.10 Å². The van der Waals surface area contributed by atoms with Gasteiger partial charge in [-0.3, -0.25) is 0 Å². The topological polar surface area (TPSA) is 9.23 Å². The van der Waals surface area contributed by atoms with Gasteiger partial charge >= 0.3 is 0 Å². The minimum atomic E-state index is 0.567. The Bertz CT molecular complexity index is 172. The van der Waals surface area contributed by atoms with Gasteiger partial charge in [0.15, 0.2) is 0 Å². The highest BCUT2D eigenvalue weighted by Gasteiger charge is 2.31.